The highest BCUT2D eigenvalue weighted by atomic mass is 19.2. The Kier molecular flexibility index (Phi) is 11.7. The van der Waals surface area contributed by atoms with Crippen molar-refractivity contribution in [1.82, 2.24) is 0 Å². The summed E-state index contributed by atoms with van der Waals surface area (Å²) in [7, 11) is 0. The maximum Gasteiger partial charge on any atom is 0.135 e. The van der Waals surface area contributed by atoms with Gasteiger partial charge in [-0.05, 0) is 67.6 Å². The molecule has 0 radical (unpaired) electrons. The van der Waals surface area contributed by atoms with Gasteiger partial charge >= 0.3 is 0 Å². The molecule has 0 heterocycles. The SMILES string of the molecule is CCCC(C)CCCC1CCC(C2CCC(C(CCC)CCC)C(F)C2F)C(F)C1F. The summed E-state index contributed by atoms with van der Waals surface area (Å²) in [6.45, 7) is 8.57. The zero-order chi connectivity index (χ0) is 23.0. The third-order valence-electron chi connectivity index (χ3n) is 8.52. The van der Waals surface area contributed by atoms with E-state index in [9.17, 15) is 4.39 Å². The van der Waals surface area contributed by atoms with Gasteiger partial charge in [0.25, 0.3) is 0 Å². The van der Waals surface area contributed by atoms with Crippen molar-refractivity contribution in [1.29, 1.82) is 0 Å². The first-order valence-electron chi connectivity index (χ1n) is 13.4. The van der Waals surface area contributed by atoms with Crippen LogP contribution in [0.25, 0.3) is 0 Å². The maximum atomic E-state index is 15.2. The Hall–Kier alpha value is -0.280. The summed E-state index contributed by atoms with van der Waals surface area (Å²) in [5, 5.41) is 0. The molecule has 31 heavy (non-hydrogen) atoms. The minimum Gasteiger partial charge on any atom is -0.244 e. The molecule has 2 aliphatic rings. The summed E-state index contributed by atoms with van der Waals surface area (Å²) < 4.78 is 60.4. The largest absolute Gasteiger partial charge is 0.244 e. The second-order valence-corrected chi connectivity index (χ2v) is 10.8. The molecule has 0 saturated heterocycles. The van der Waals surface area contributed by atoms with Crippen molar-refractivity contribution in [3.05, 3.63) is 0 Å². The summed E-state index contributed by atoms with van der Waals surface area (Å²) in [5.41, 5.74) is 0. The zero-order valence-corrected chi connectivity index (χ0v) is 20.5. The quantitative estimate of drug-likeness (QED) is 0.261. The van der Waals surface area contributed by atoms with Crippen molar-refractivity contribution < 1.29 is 17.6 Å². The summed E-state index contributed by atoms with van der Waals surface area (Å²) in [6, 6.07) is 0. The molecule has 2 rings (SSSR count). The first-order valence-corrected chi connectivity index (χ1v) is 13.4. The number of hydrogen-bond acceptors (Lipinski definition) is 0. The van der Waals surface area contributed by atoms with Gasteiger partial charge in [0.2, 0.25) is 0 Å². The van der Waals surface area contributed by atoms with Crippen LogP contribution in [-0.4, -0.2) is 24.7 Å². The number of hydrogen-bond donors (Lipinski definition) is 0. The highest BCUT2D eigenvalue weighted by Gasteiger charge is 2.50. The molecule has 9 atom stereocenters. The summed E-state index contributed by atoms with van der Waals surface area (Å²) in [6.07, 6.45) is 4.79. The Labute approximate surface area is 189 Å². The topological polar surface area (TPSA) is 0 Å². The Bertz CT molecular complexity index is 478. The van der Waals surface area contributed by atoms with Gasteiger partial charge in [0, 0.05) is 0 Å². The predicted molar refractivity (Wildman–Crippen MR) is 123 cm³/mol. The lowest BCUT2D eigenvalue weighted by Crippen LogP contribution is -2.49. The van der Waals surface area contributed by atoms with Crippen molar-refractivity contribution in [3.63, 3.8) is 0 Å². The number of halogens is 4. The van der Waals surface area contributed by atoms with E-state index in [1.807, 2.05) is 0 Å². The molecule has 0 aromatic heterocycles. The molecule has 9 unspecified atom stereocenters. The van der Waals surface area contributed by atoms with Gasteiger partial charge in [-0.2, -0.15) is 0 Å². The first kappa shape index (κ1) is 27.0. The third kappa shape index (κ3) is 7.10. The molecule has 0 aromatic rings. The van der Waals surface area contributed by atoms with E-state index < -0.39 is 36.5 Å². The van der Waals surface area contributed by atoms with Crippen LogP contribution in [0.3, 0.4) is 0 Å². The molecule has 184 valence electrons. The van der Waals surface area contributed by atoms with Crippen LogP contribution in [0, 0.1) is 35.5 Å². The second-order valence-electron chi connectivity index (χ2n) is 10.8. The van der Waals surface area contributed by atoms with Crippen molar-refractivity contribution in [3.8, 4) is 0 Å². The lowest BCUT2D eigenvalue weighted by atomic mass is 9.63. The average molecular weight is 449 g/mol. The molecule has 0 spiro atoms. The molecule has 0 nitrogen and oxygen atoms in total. The summed E-state index contributed by atoms with van der Waals surface area (Å²) in [4.78, 5) is 0. The minimum absolute atomic E-state index is 0.213. The van der Waals surface area contributed by atoms with Crippen molar-refractivity contribution in [2.24, 2.45) is 35.5 Å². The Morgan fingerprint density at radius 2 is 1.19 bits per heavy atom. The van der Waals surface area contributed by atoms with E-state index in [1.165, 1.54) is 6.42 Å². The molecule has 2 fully saturated rings. The minimum atomic E-state index is -1.64. The van der Waals surface area contributed by atoms with Gasteiger partial charge in [-0.3, -0.25) is 0 Å². The molecule has 0 N–H and O–H groups in total. The summed E-state index contributed by atoms with van der Waals surface area (Å²) >= 11 is 0. The fourth-order valence-corrected chi connectivity index (χ4v) is 6.78. The van der Waals surface area contributed by atoms with E-state index in [0.29, 0.717) is 31.6 Å². The Morgan fingerprint density at radius 3 is 1.77 bits per heavy atom. The standard InChI is InChI=1S/C27H48F4/c1-5-9-18(4)12-8-13-20-14-15-22(26(30)24(20)28)23-17-16-21(25(29)27(23)31)19(10-6-2)11-7-3/h18-27H,5-17H2,1-4H3. The lowest BCUT2D eigenvalue weighted by Gasteiger charge is -2.45. The van der Waals surface area contributed by atoms with Crippen LogP contribution in [0.15, 0.2) is 0 Å². The number of rotatable bonds is 12. The molecule has 0 aliphatic heterocycles. The van der Waals surface area contributed by atoms with Crippen molar-refractivity contribution in [2.75, 3.05) is 0 Å². The third-order valence-corrected chi connectivity index (χ3v) is 8.52. The Morgan fingerprint density at radius 1 is 0.645 bits per heavy atom. The zero-order valence-electron chi connectivity index (χ0n) is 20.5. The van der Waals surface area contributed by atoms with E-state index in [-0.39, 0.29) is 17.8 Å². The molecule has 2 saturated carbocycles. The van der Waals surface area contributed by atoms with Gasteiger partial charge in [-0.25, -0.2) is 17.6 Å². The maximum absolute atomic E-state index is 15.2. The molecule has 0 bridgehead atoms. The highest BCUT2D eigenvalue weighted by Crippen LogP contribution is 2.48. The number of alkyl halides is 4. The highest BCUT2D eigenvalue weighted by molar-refractivity contribution is 4.98. The van der Waals surface area contributed by atoms with Crippen LogP contribution in [0.4, 0.5) is 17.6 Å². The van der Waals surface area contributed by atoms with Crippen LogP contribution >= 0.6 is 0 Å². The van der Waals surface area contributed by atoms with Gasteiger partial charge in [0.15, 0.2) is 0 Å². The fraction of sp³-hybridized carbons (Fsp3) is 1.00. The van der Waals surface area contributed by atoms with E-state index in [2.05, 4.69) is 27.7 Å². The van der Waals surface area contributed by atoms with Crippen LogP contribution < -0.4 is 0 Å². The van der Waals surface area contributed by atoms with E-state index in [4.69, 9.17) is 0 Å². The van der Waals surface area contributed by atoms with E-state index >= 15 is 13.2 Å². The summed E-state index contributed by atoms with van der Waals surface area (Å²) in [5.74, 6) is -0.982. The normalized spacial score (nSPS) is 37.8. The van der Waals surface area contributed by atoms with Gasteiger partial charge in [0.1, 0.15) is 24.7 Å². The van der Waals surface area contributed by atoms with Crippen LogP contribution in [0.1, 0.15) is 111 Å². The van der Waals surface area contributed by atoms with Crippen LogP contribution in [0.5, 0.6) is 0 Å². The van der Waals surface area contributed by atoms with Crippen LogP contribution in [-0.2, 0) is 0 Å². The van der Waals surface area contributed by atoms with E-state index in [1.54, 1.807) is 0 Å². The van der Waals surface area contributed by atoms with Gasteiger partial charge in [0.05, 0.1) is 0 Å². The predicted octanol–water partition coefficient (Wildman–Crippen LogP) is 9.21. The molecular weight excluding hydrogens is 400 g/mol. The molecule has 0 aromatic carbocycles. The molecular formula is C27H48F4. The first-order chi connectivity index (χ1) is 14.8. The van der Waals surface area contributed by atoms with Gasteiger partial charge in [-0.15, -0.1) is 0 Å². The fourth-order valence-electron chi connectivity index (χ4n) is 6.78. The lowest BCUT2D eigenvalue weighted by molar-refractivity contribution is -0.0716. The Balaban J connectivity index is 1.91. The van der Waals surface area contributed by atoms with Crippen LogP contribution in [0.2, 0.25) is 0 Å². The monoisotopic (exact) mass is 448 g/mol. The smallest absolute Gasteiger partial charge is 0.135 e. The average Bonchev–Trinajstić information content (AvgIpc) is 2.74. The van der Waals surface area contributed by atoms with Gasteiger partial charge in [-0.1, -0.05) is 79.1 Å². The molecule has 2 aliphatic carbocycles. The van der Waals surface area contributed by atoms with Crippen molar-refractivity contribution >= 4 is 0 Å². The van der Waals surface area contributed by atoms with E-state index in [0.717, 1.165) is 51.4 Å². The van der Waals surface area contributed by atoms with Gasteiger partial charge < -0.3 is 0 Å². The molecule has 0 amide bonds. The molecule has 4 heteroatoms. The second kappa shape index (κ2) is 13.4. The van der Waals surface area contributed by atoms with Crippen molar-refractivity contribution in [2.45, 2.75) is 136 Å².